The summed E-state index contributed by atoms with van der Waals surface area (Å²) in [6.07, 6.45) is 6.42. The van der Waals surface area contributed by atoms with Crippen LogP contribution in [0.1, 0.15) is 26.2 Å². The van der Waals surface area contributed by atoms with E-state index < -0.39 is 23.9 Å². The molecule has 0 amide bonds. The lowest BCUT2D eigenvalue weighted by molar-refractivity contribution is -0.132. The molecule has 0 heterocycles. The van der Waals surface area contributed by atoms with E-state index in [0.29, 0.717) is 11.7 Å². The van der Waals surface area contributed by atoms with Gasteiger partial charge in [-0.25, -0.2) is 19.2 Å². The average Bonchev–Trinajstić information content (AvgIpc) is 2.99. The van der Waals surface area contributed by atoms with Crippen LogP contribution in [0.15, 0.2) is 50.6 Å². The first kappa shape index (κ1) is 31.3. The SMILES string of the molecule is C=CC(=O)O.C=CC(=O)O.C=CC(=O)O.C=CC(=O)O.CC1CCCC1=O. The molecule has 1 fully saturated rings. The molecule has 27 heavy (non-hydrogen) atoms. The van der Waals surface area contributed by atoms with Gasteiger partial charge in [-0.3, -0.25) is 4.79 Å². The summed E-state index contributed by atoms with van der Waals surface area (Å²) in [6.45, 7) is 13.9. The Morgan fingerprint density at radius 1 is 0.778 bits per heavy atom. The third kappa shape index (κ3) is 45.0. The van der Waals surface area contributed by atoms with Crippen LogP contribution in [0, 0.1) is 5.92 Å². The second-order valence-electron chi connectivity index (χ2n) is 4.43. The Labute approximate surface area is 157 Å². The number of ketones is 1. The Morgan fingerprint density at radius 3 is 1.04 bits per heavy atom. The van der Waals surface area contributed by atoms with Crippen LogP contribution in [0.3, 0.4) is 0 Å². The Hall–Kier alpha value is -3.49. The maximum Gasteiger partial charge on any atom is 0.327 e. The van der Waals surface area contributed by atoms with Gasteiger partial charge in [-0.2, -0.15) is 0 Å². The highest BCUT2D eigenvalue weighted by molar-refractivity contribution is 5.82. The van der Waals surface area contributed by atoms with Crippen molar-refractivity contribution in [1.29, 1.82) is 0 Å². The number of carboxylic acids is 4. The van der Waals surface area contributed by atoms with Crippen molar-refractivity contribution in [2.24, 2.45) is 5.92 Å². The molecule has 1 rings (SSSR count). The number of Topliss-reactive ketones (excluding diaryl/α,β-unsaturated/α-hetero) is 1. The Morgan fingerprint density at radius 2 is 1.00 bits per heavy atom. The molecule has 0 bridgehead atoms. The van der Waals surface area contributed by atoms with Crippen LogP contribution in [0.5, 0.6) is 0 Å². The van der Waals surface area contributed by atoms with Crippen LogP contribution >= 0.6 is 0 Å². The van der Waals surface area contributed by atoms with Crippen LogP contribution < -0.4 is 0 Å². The predicted molar refractivity (Wildman–Crippen MR) is 99.4 cm³/mol. The Kier molecular flexibility index (Phi) is 26.1. The normalized spacial score (nSPS) is 12.9. The molecule has 0 aliphatic heterocycles. The van der Waals surface area contributed by atoms with Gasteiger partial charge in [0, 0.05) is 36.6 Å². The molecule has 152 valence electrons. The summed E-state index contributed by atoms with van der Waals surface area (Å²) in [6, 6.07) is 0. The van der Waals surface area contributed by atoms with Gasteiger partial charge in [-0.05, 0) is 12.8 Å². The topological polar surface area (TPSA) is 166 Å². The van der Waals surface area contributed by atoms with E-state index in [-0.39, 0.29) is 0 Å². The lowest BCUT2D eigenvalue weighted by Gasteiger charge is -1.91. The zero-order valence-electron chi connectivity index (χ0n) is 15.2. The summed E-state index contributed by atoms with van der Waals surface area (Å²) in [4.78, 5) is 47.6. The third-order valence-corrected chi connectivity index (χ3v) is 2.31. The van der Waals surface area contributed by atoms with Crippen molar-refractivity contribution in [3.8, 4) is 0 Å². The van der Waals surface area contributed by atoms with Crippen molar-refractivity contribution in [3.05, 3.63) is 50.6 Å². The summed E-state index contributed by atoms with van der Waals surface area (Å²) < 4.78 is 0. The van der Waals surface area contributed by atoms with E-state index in [4.69, 9.17) is 20.4 Å². The molecule has 1 aliphatic rings. The molecular formula is C18H26O9. The van der Waals surface area contributed by atoms with Crippen LogP contribution in [-0.2, 0) is 24.0 Å². The zero-order valence-corrected chi connectivity index (χ0v) is 15.2. The number of hydrogen-bond acceptors (Lipinski definition) is 5. The molecule has 0 radical (unpaired) electrons. The molecule has 9 nitrogen and oxygen atoms in total. The largest absolute Gasteiger partial charge is 0.478 e. The van der Waals surface area contributed by atoms with Crippen molar-refractivity contribution in [3.63, 3.8) is 0 Å². The number of aliphatic carboxylic acids is 4. The predicted octanol–water partition coefficient (Wildman–Crippen LogP) is 2.40. The Bertz CT molecular complexity index is 461. The average molecular weight is 386 g/mol. The molecule has 1 aliphatic carbocycles. The minimum absolute atomic E-state index is 0.375. The van der Waals surface area contributed by atoms with E-state index in [1.807, 2.05) is 6.92 Å². The summed E-state index contributed by atoms with van der Waals surface area (Å²) in [5, 5.41) is 30.4. The van der Waals surface area contributed by atoms with E-state index in [2.05, 4.69) is 26.3 Å². The van der Waals surface area contributed by atoms with Gasteiger partial charge in [0.05, 0.1) is 0 Å². The molecule has 1 saturated carbocycles. The van der Waals surface area contributed by atoms with Crippen molar-refractivity contribution in [2.75, 3.05) is 0 Å². The first-order chi connectivity index (χ1) is 12.4. The van der Waals surface area contributed by atoms with E-state index in [9.17, 15) is 24.0 Å². The minimum Gasteiger partial charge on any atom is -0.478 e. The maximum atomic E-state index is 10.6. The van der Waals surface area contributed by atoms with Crippen molar-refractivity contribution >= 4 is 29.7 Å². The molecule has 4 N–H and O–H groups in total. The van der Waals surface area contributed by atoms with Crippen LogP contribution in [0.25, 0.3) is 0 Å². The van der Waals surface area contributed by atoms with Crippen LogP contribution in [0.2, 0.25) is 0 Å². The summed E-state index contributed by atoms with van der Waals surface area (Å²) in [7, 11) is 0. The van der Waals surface area contributed by atoms with Crippen molar-refractivity contribution in [1.82, 2.24) is 0 Å². The number of carbonyl (C=O) groups is 5. The van der Waals surface area contributed by atoms with Crippen molar-refractivity contribution < 1.29 is 44.4 Å². The lowest BCUT2D eigenvalue weighted by Crippen LogP contribution is -1.98. The molecule has 0 spiro atoms. The van der Waals surface area contributed by atoms with E-state index in [1.54, 1.807) is 0 Å². The van der Waals surface area contributed by atoms with Gasteiger partial charge in [0.1, 0.15) is 5.78 Å². The van der Waals surface area contributed by atoms with Gasteiger partial charge in [-0.1, -0.05) is 33.2 Å². The summed E-state index contributed by atoms with van der Waals surface area (Å²) in [5.41, 5.74) is 0. The van der Waals surface area contributed by atoms with Gasteiger partial charge in [0.15, 0.2) is 0 Å². The first-order valence-electron chi connectivity index (χ1n) is 7.33. The molecular weight excluding hydrogens is 360 g/mol. The quantitative estimate of drug-likeness (QED) is 0.530. The Balaban J connectivity index is -0.000000124. The molecule has 0 aromatic carbocycles. The van der Waals surface area contributed by atoms with Gasteiger partial charge >= 0.3 is 23.9 Å². The highest BCUT2D eigenvalue weighted by Crippen LogP contribution is 2.19. The van der Waals surface area contributed by atoms with Crippen molar-refractivity contribution in [2.45, 2.75) is 26.2 Å². The fraction of sp³-hybridized carbons (Fsp3) is 0.278. The lowest BCUT2D eigenvalue weighted by atomic mass is 10.1. The first-order valence-corrected chi connectivity index (χ1v) is 7.33. The molecule has 1 unspecified atom stereocenters. The van der Waals surface area contributed by atoms with Crippen LogP contribution in [0.4, 0.5) is 0 Å². The summed E-state index contributed by atoms with van der Waals surface area (Å²) >= 11 is 0. The molecule has 1 atom stereocenters. The fourth-order valence-electron chi connectivity index (χ4n) is 0.990. The van der Waals surface area contributed by atoms with Gasteiger partial charge in [0.25, 0.3) is 0 Å². The number of carboxylic acid groups (broad SMARTS) is 4. The summed E-state index contributed by atoms with van der Waals surface area (Å²) in [5.74, 6) is -3.09. The van der Waals surface area contributed by atoms with E-state index >= 15 is 0 Å². The number of hydrogen-bond donors (Lipinski definition) is 4. The number of rotatable bonds is 4. The highest BCUT2D eigenvalue weighted by atomic mass is 16.4. The molecule has 0 aromatic heterocycles. The fourth-order valence-corrected chi connectivity index (χ4v) is 0.990. The molecule has 9 heteroatoms. The molecule has 0 aromatic rings. The second kappa shape index (κ2) is 22.5. The van der Waals surface area contributed by atoms with E-state index in [1.165, 1.54) is 0 Å². The smallest absolute Gasteiger partial charge is 0.327 e. The maximum absolute atomic E-state index is 10.6. The monoisotopic (exact) mass is 386 g/mol. The van der Waals surface area contributed by atoms with Gasteiger partial charge in [0.2, 0.25) is 0 Å². The van der Waals surface area contributed by atoms with Gasteiger partial charge < -0.3 is 20.4 Å². The van der Waals surface area contributed by atoms with E-state index in [0.717, 1.165) is 43.6 Å². The van der Waals surface area contributed by atoms with Crippen LogP contribution in [-0.4, -0.2) is 50.1 Å². The third-order valence-electron chi connectivity index (χ3n) is 2.31. The van der Waals surface area contributed by atoms with Gasteiger partial charge in [-0.15, -0.1) is 0 Å². The highest BCUT2D eigenvalue weighted by Gasteiger charge is 2.18. The minimum atomic E-state index is -0.981. The standard InChI is InChI=1S/C6H10O.4C3H4O2/c1-5-3-2-4-6(5)7;4*1-2-3(4)5/h5H,2-4H2,1H3;4*2H,1H2,(H,4,5). The second-order valence-corrected chi connectivity index (χ2v) is 4.43. The number of carbonyl (C=O) groups excluding carboxylic acids is 1. The zero-order chi connectivity index (χ0) is 22.4. The molecule has 0 saturated heterocycles.